The van der Waals surface area contributed by atoms with Gasteiger partial charge in [-0.2, -0.15) is 5.26 Å². The molecule has 1 aliphatic rings. The molecule has 0 spiro atoms. The van der Waals surface area contributed by atoms with Gasteiger partial charge in [0.15, 0.2) is 0 Å². The molecule has 1 rings (SSSR count). The van der Waals surface area contributed by atoms with Crippen LogP contribution in [0.25, 0.3) is 0 Å². The van der Waals surface area contributed by atoms with E-state index in [1.54, 1.807) is 0 Å². The third kappa shape index (κ3) is 1.48. The lowest BCUT2D eigenvalue weighted by Crippen LogP contribution is -2.20. The van der Waals surface area contributed by atoms with Crippen molar-refractivity contribution in [1.82, 2.24) is 0 Å². The Morgan fingerprint density at radius 2 is 2.10 bits per heavy atom. The second-order valence-corrected chi connectivity index (χ2v) is 2.96. The van der Waals surface area contributed by atoms with E-state index >= 15 is 0 Å². The van der Waals surface area contributed by atoms with E-state index < -0.39 is 0 Å². The first-order valence-electron chi connectivity index (χ1n) is 3.89. The largest absolute Gasteiger partial charge is 0.396 e. The molecule has 2 atom stereocenters. The van der Waals surface area contributed by atoms with E-state index in [9.17, 15) is 0 Å². The average Bonchev–Trinajstić information content (AvgIpc) is 2.04. The standard InChI is InChI=1S/C8H13NO/c9-5-7-3-1-2-4-8(7)6-10/h7-8,10H,1-4,6H2. The summed E-state index contributed by atoms with van der Waals surface area (Å²) in [5.74, 6) is 0.387. The summed E-state index contributed by atoms with van der Waals surface area (Å²) >= 11 is 0. The van der Waals surface area contributed by atoms with Gasteiger partial charge in [-0.3, -0.25) is 0 Å². The van der Waals surface area contributed by atoms with Gasteiger partial charge < -0.3 is 5.11 Å². The molecular weight excluding hydrogens is 126 g/mol. The SMILES string of the molecule is N#CC1CCCCC1CO. The van der Waals surface area contributed by atoms with Crippen LogP contribution in [0.4, 0.5) is 0 Å². The highest BCUT2D eigenvalue weighted by Gasteiger charge is 2.23. The van der Waals surface area contributed by atoms with Gasteiger partial charge in [0.05, 0.1) is 12.0 Å². The van der Waals surface area contributed by atoms with Crippen molar-refractivity contribution in [2.75, 3.05) is 6.61 Å². The van der Waals surface area contributed by atoms with Crippen LogP contribution in [0.3, 0.4) is 0 Å². The zero-order valence-electron chi connectivity index (χ0n) is 6.08. The third-order valence-electron chi connectivity index (χ3n) is 2.31. The molecule has 0 aromatic heterocycles. The van der Waals surface area contributed by atoms with Crippen LogP contribution < -0.4 is 0 Å². The maximum atomic E-state index is 8.84. The number of hydrogen-bond acceptors (Lipinski definition) is 2. The van der Waals surface area contributed by atoms with Crippen molar-refractivity contribution in [3.05, 3.63) is 0 Å². The number of aliphatic hydroxyl groups is 1. The third-order valence-corrected chi connectivity index (χ3v) is 2.31. The van der Waals surface area contributed by atoms with Crippen LogP contribution in [-0.4, -0.2) is 11.7 Å². The Labute approximate surface area is 61.5 Å². The molecule has 0 amide bonds. The summed E-state index contributed by atoms with van der Waals surface area (Å²) in [5.41, 5.74) is 0. The van der Waals surface area contributed by atoms with Crippen LogP contribution in [0.1, 0.15) is 25.7 Å². The van der Waals surface area contributed by atoms with Crippen LogP contribution >= 0.6 is 0 Å². The normalized spacial score (nSPS) is 33.2. The minimum absolute atomic E-state index is 0.124. The summed E-state index contributed by atoms with van der Waals surface area (Å²) in [6, 6.07) is 2.24. The molecule has 56 valence electrons. The van der Waals surface area contributed by atoms with Gasteiger partial charge in [-0.1, -0.05) is 12.8 Å². The molecule has 0 aromatic rings. The van der Waals surface area contributed by atoms with Crippen LogP contribution in [0.2, 0.25) is 0 Å². The minimum atomic E-state index is 0.124. The van der Waals surface area contributed by atoms with Gasteiger partial charge in [-0.05, 0) is 18.8 Å². The molecule has 0 aliphatic heterocycles. The molecule has 2 unspecified atom stereocenters. The zero-order valence-corrected chi connectivity index (χ0v) is 6.08. The Morgan fingerprint density at radius 1 is 1.40 bits per heavy atom. The van der Waals surface area contributed by atoms with Crippen molar-refractivity contribution in [2.24, 2.45) is 11.8 Å². The predicted octanol–water partition coefficient (Wildman–Crippen LogP) is 1.31. The number of nitrogens with zero attached hydrogens (tertiary/aromatic N) is 1. The number of rotatable bonds is 1. The first kappa shape index (κ1) is 7.56. The molecule has 2 heteroatoms. The summed E-state index contributed by atoms with van der Waals surface area (Å²) in [6.07, 6.45) is 4.37. The van der Waals surface area contributed by atoms with Crippen molar-refractivity contribution >= 4 is 0 Å². The van der Waals surface area contributed by atoms with Crippen molar-refractivity contribution in [3.8, 4) is 6.07 Å². The van der Waals surface area contributed by atoms with Gasteiger partial charge in [-0.15, -0.1) is 0 Å². The highest BCUT2D eigenvalue weighted by molar-refractivity contribution is 4.90. The van der Waals surface area contributed by atoms with E-state index in [1.165, 1.54) is 6.42 Å². The van der Waals surface area contributed by atoms with E-state index in [2.05, 4.69) is 6.07 Å². The van der Waals surface area contributed by atoms with Gasteiger partial charge in [0.1, 0.15) is 0 Å². The molecule has 10 heavy (non-hydrogen) atoms. The first-order chi connectivity index (χ1) is 4.88. The topological polar surface area (TPSA) is 44.0 Å². The molecule has 0 radical (unpaired) electrons. The fraction of sp³-hybridized carbons (Fsp3) is 0.875. The Morgan fingerprint density at radius 3 is 2.60 bits per heavy atom. The predicted molar refractivity (Wildman–Crippen MR) is 38.1 cm³/mol. The van der Waals surface area contributed by atoms with Gasteiger partial charge >= 0.3 is 0 Å². The summed E-state index contributed by atoms with van der Waals surface area (Å²) < 4.78 is 0. The van der Waals surface area contributed by atoms with Crippen LogP contribution in [0.5, 0.6) is 0 Å². The van der Waals surface area contributed by atoms with Gasteiger partial charge in [0.2, 0.25) is 0 Å². The summed E-state index contributed by atoms with van der Waals surface area (Å²) in [4.78, 5) is 0. The van der Waals surface area contributed by atoms with Crippen molar-refractivity contribution in [2.45, 2.75) is 25.7 Å². The van der Waals surface area contributed by atoms with Crippen molar-refractivity contribution in [1.29, 1.82) is 5.26 Å². The molecule has 2 nitrogen and oxygen atoms in total. The zero-order chi connectivity index (χ0) is 7.40. The lowest BCUT2D eigenvalue weighted by molar-refractivity contribution is 0.160. The van der Waals surface area contributed by atoms with Crippen LogP contribution in [0.15, 0.2) is 0 Å². The molecule has 1 fully saturated rings. The summed E-state index contributed by atoms with van der Waals surface area (Å²) in [7, 11) is 0. The van der Waals surface area contributed by atoms with Crippen LogP contribution in [-0.2, 0) is 0 Å². The van der Waals surface area contributed by atoms with E-state index in [1.807, 2.05) is 0 Å². The molecule has 0 aromatic carbocycles. The van der Waals surface area contributed by atoms with Crippen molar-refractivity contribution in [3.63, 3.8) is 0 Å². The van der Waals surface area contributed by atoms with Crippen molar-refractivity contribution < 1.29 is 5.11 Å². The highest BCUT2D eigenvalue weighted by atomic mass is 16.3. The average molecular weight is 139 g/mol. The highest BCUT2D eigenvalue weighted by Crippen LogP contribution is 2.28. The molecular formula is C8H13NO. The molecule has 0 saturated heterocycles. The van der Waals surface area contributed by atoms with Gasteiger partial charge in [0.25, 0.3) is 0 Å². The van der Waals surface area contributed by atoms with Gasteiger partial charge in [-0.25, -0.2) is 0 Å². The molecule has 1 N–H and O–H groups in total. The lowest BCUT2D eigenvalue weighted by Gasteiger charge is -2.24. The quantitative estimate of drug-likeness (QED) is 0.595. The fourth-order valence-corrected chi connectivity index (χ4v) is 1.60. The van der Waals surface area contributed by atoms with E-state index in [-0.39, 0.29) is 18.4 Å². The second kappa shape index (κ2) is 3.58. The summed E-state index contributed by atoms with van der Waals surface area (Å²) in [6.45, 7) is 0.193. The molecule has 0 heterocycles. The number of aliphatic hydroxyl groups excluding tert-OH is 1. The minimum Gasteiger partial charge on any atom is -0.396 e. The number of hydrogen-bond donors (Lipinski definition) is 1. The fourth-order valence-electron chi connectivity index (χ4n) is 1.60. The molecule has 1 saturated carbocycles. The molecule has 0 bridgehead atoms. The number of nitriles is 1. The summed E-state index contributed by atoms with van der Waals surface area (Å²) in [5, 5.41) is 17.5. The Balaban J connectivity index is 2.44. The Hall–Kier alpha value is -0.550. The van der Waals surface area contributed by atoms with E-state index in [4.69, 9.17) is 10.4 Å². The maximum absolute atomic E-state index is 8.84. The Bertz CT molecular complexity index is 139. The first-order valence-corrected chi connectivity index (χ1v) is 3.89. The molecule has 1 aliphatic carbocycles. The smallest absolute Gasteiger partial charge is 0.0659 e. The van der Waals surface area contributed by atoms with Gasteiger partial charge in [0, 0.05) is 6.61 Å². The monoisotopic (exact) mass is 139 g/mol. The Kier molecular flexibility index (Phi) is 2.70. The van der Waals surface area contributed by atoms with Crippen LogP contribution in [0, 0.1) is 23.2 Å². The second-order valence-electron chi connectivity index (χ2n) is 2.96. The maximum Gasteiger partial charge on any atom is 0.0659 e. The van der Waals surface area contributed by atoms with E-state index in [0.29, 0.717) is 0 Å². The lowest BCUT2D eigenvalue weighted by atomic mass is 9.81. The van der Waals surface area contributed by atoms with E-state index in [0.717, 1.165) is 19.3 Å².